The lowest BCUT2D eigenvalue weighted by Gasteiger charge is -2.09. The maximum atomic E-state index is 13.7. The van der Waals surface area contributed by atoms with Gasteiger partial charge in [0.15, 0.2) is 0 Å². The van der Waals surface area contributed by atoms with Crippen molar-refractivity contribution in [2.24, 2.45) is 11.1 Å². The smallest absolute Gasteiger partial charge is 0.254 e. The number of carbonyl (C=O) groups is 1. The predicted molar refractivity (Wildman–Crippen MR) is 67.5 cm³/mol. The van der Waals surface area contributed by atoms with Crippen molar-refractivity contribution >= 4 is 15.9 Å². The van der Waals surface area contributed by atoms with Crippen LogP contribution in [0.15, 0.2) is 17.0 Å². The minimum atomic E-state index is -3.98. The van der Waals surface area contributed by atoms with Crippen LogP contribution in [0, 0.1) is 18.7 Å². The molecule has 0 bridgehead atoms. The normalized spacial score (nSPS) is 22.1. The summed E-state index contributed by atoms with van der Waals surface area (Å²) in [5, 5.41) is 7.67. The van der Waals surface area contributed by atoms with E-state index in [0.29, 0.717) is 5.92 Å². The molecule has 1 aliphatic carbocycles. The summed E-state index contributed by atoms with van der Waals surface area (Å²) in [5.74, 6) is -0.998. The summed E-state index contributed by atoms with van der Waals surface area (Å²) in [5.41, 5.74) is -0.120. The lowest BCUT2D eigenvalue weighted by molar-refractivity contribution is 0.0945. The molecule has 1 fully saturated rings. The third-order valence-electron chi connectivity index (χ3n) is 3.24. The fraction of sp³-hybridized carbons (Fsp3) is 0.417. The highest BCUT2D eigenvalue weighted by Crippen LogP contribution is 2.29. The fourth-order valence-corrected chi connectivity index (χ4v) is 2.69. The summed E-state index contributed by atoms with van der Waals surface area (Å²) in [4.78, 5) is 11.6. The average Bonchev–Trinajstić information content (AvgIpc) is 2.91. The quantitative estimate of drug-likeness (QED) is 0.866. The second-order valence-electron chi connectivity index (χ2n) is 4.94. The Balaban J connectivity index is 2.37. The number of nitrogens with two attached hydrogens (primary N) is 1. The molecule has 2 rings (SSSR count). The molecule has 0 radical (unpaired) electrons. The Hall–Kier alpha value is -1.47. The van der Waals surface area contributed by atoms with Crippen LogP contribution in [0.25, 0.3) is 0 Å². The Kier molecular flexibility index (Phi) is 3.36. The van der Waals surface area contributed by atoms with Crippen molar-refractivity contribution in [2.75, 3.05) is 0 Å². The van der Waals surface area contributed by atoms with Crippen molar-refractivity contribution in [3.05, 3.63) is 29.1 Å². The third-order valence-corrected chi connectivity index (χ3v) is 4.29. The van der Waals surface area contributed by atoms with Crippen molar-refractivity contribution < 1.29 is 17.6 Å². The van der Waals surface area contributed by atoms with Crippen LogP contribution in [-0.2, 0) is 10.0 Å². The third kappa shape index (κ3) is 2.93. The molecule has 0 aliphatic heterocycles. The lowest BCUT2D eigenvalue weighted by Crippen LogP contribution is -2.28. The largest absolute Gasteiger partial charge is 0.349 e. The van der Waals surface area contributed by atoms with E-state index in [2.05, 4.69) is 5.32 Å². The molecular weight excluding hydrogens is 271 g/mol. The Morgan fingerprint density at radius 1 is 1.47 bits per heavy atom. The second kappa shape index (κ2) is 4.57. The van der Waals surface area contributed by atoms with Crippen LogP contribution in [0.2, 0.25) is 0 Å². The van der Waals surface area contributed by atoms with Gasteiger partial charge in [-0.05, 0) is 37.0 Å². The van der Waals surface area contributed by atoms with Crippen LogP contribution in [0.5, 0.6) is 0 Å². The van der Waals surface area contributed by atoms with Crippen LogP contribution in [0.4, 0.5) is 4.39 Å². The number of hydrogen-bond donors (Lipinski definition) is 2. The molecule has 1 aromatic rings. The van der Waals surface area contributed by atoms with E-state index >= 15 is 0 Å². The zero-order valence-electron chi connectivity index (χ0n) is 10.6. The number of amides is 1. The van der Waals surface area contributed by atoms with E-state index in [9.17, 15) is 17.6 Å². The van der Waals surface area contributed by atoms with Gasteiger partial charge in [-0.1, -0.05) is 6.92 Å². The Morgan fingerprint density at radius 2 is 2.05 bits per heavy atom. The number of hydrogen-bond acceptors (Lipinski definition) is 3. The summed E-state index contributed by atoms with van der Waals surface area (Å²) in [6.45, 7) is 3.39. The van der Waals surface area contributed by atoms with E-state index in [4.69, 9.17) is 5.14 Å². The van der Waals surface area contributed by atoms with Crippen molar-refractivity contribution in [2.45, 2.75) is 31.2 Å². The van der Waals surface area contributed by atoms with Crippen molar-refractivity contribution in [3.8, 4) is 0 Å². The van der Waals surface area contributed by atoms with Gasteiger partial charge in [-0.15, -0.1) is 0 Å². The maximum absolute atomic E-state index is 13.7. The van der Waals surface area contributed by atoms with Gasteiger partial charge in [-0.25, -0.2) is 17.9 Å². The Labute approximate surface area is 111 Å². The van der Waals surface area contributed by atoms with Gasteiger partial charge in [0, 0.05) is 6.04 Å². The average molecular weight is 286 g/mol. The molecule has 19 heavy (non-hydrogen) atoms. The molecule has 2 atom stereocenters. The minimum Gasteiger partial charge on any atom is -0.349 e. The van der Waals surface area contributed by atoms with Gasteiger partial charge in [-0.3, -0.25) is 4.79 Å². The molecule has 5 nitrogen and oxygen atoms in total. The number of benzene rings is 1. The van der Waals surface area contributed by atoms with E-state index in [1.807, 2.05) is 6.92 Å². The first-order valence-corrected chi connectivity index (χ1v) is 7.38. The number of nitrogens with one attached hydrogen (secondary N) is 1. The van der Waals surface area contributed by atoms with E-state index in [1.54, 1.807) is 0 Å². The van der Waals surface area contributed by atoms with Crippen LogP contribution >= 0.6 is 0 Å². The molecule has 1 aliphatic rings. The molecule has 1 amide bonds. The van der Waals surface area contributed by atoms with Crippen LogP contribution in [-0.4, -0.2) is 20.4 Å². The van der Waals surface area contributed by atoms with Crippen molar-refractivity contribution in [1.29, 1.82) is 0 Å². The summed E-state index contributed by atoms with van der Waals surface area (Å²) in [6, 6.07) is 2.03. The molecule has 1 aromatic carbocycles. The lowest BCUT2D eigenvalue weighted by atomic mass is 10.1. The summed E-state index contributed by atoms with van der Waals surface area (Å²) >= 11 is 0. The van der Waals surface area contributed by atoms with E-state index in [1.165, 1.54) is 6.92 Å². The van der Waals surface area contributed by atoms with Gasteiger partial charge >= 0.3 is 0 Å². The van der Waals surface area contributed by atoms with Gasteiger partial charge in [0.1, 0.15) is 5.82 Å². The Bertz CT molecular complexity index is 643. The van der Waals surface area contributed by atoms with E-state index < -0.39 is 21.7 Å². The van der Waals surface area contributed by atoms with E-state index in [-0.39, 0.29) is 22.1 Å². The van der Waals surface area contributed by atoms with Crippen molar-refractivity contribution in [3.63, 3.8) is 0 Å². The summed E-state index contributed by atoms with van der Waals surface area (Å²) in [6.07, 6.45) is 0.848. The number of halogens is 1. The van der Waals surface area contributed by atoms with E-state index in [0.717, 1.165) is 18.6 Å². The van der Waals surface area contributed by atoms with Crippen LogP contribution in [0.1, 0.15) is 29.3 Å². The molecule has 0 spiro atoms. The monoisotopic (exact) mass is 286 g/mol. The molecular formula is C12H15FN2O3S. The zero-order chi connectivity index (χ0) is 14.4. The Morgan fingerprint density at radius 3 is 2.53 bits per heavy atom. The number of rotatable bonds is 3. The first kappa shape index (κ1) is 14.0. The molecule has 104 valence electrons. The molecule has 0 aromatic heterocycles. The molecule has 7 heteroatoms. The second-order valence-corrected chi connectivity index (χ2v) is 6.47. The highest BCUT2D eigenvalue weighted by molar-refractivity contribution is 7.89. The maximum Gasteiger partial charge on any atom is 0.254 e. The summed E-state index contributed by atoms with van der Waals surface area (Å²) < 4.78 is 36.4. The number of carbonyl (C=O) groups excluding carboxylic acids is 1. The fourth-order valence-electron chi connectivity index (χ4n) is 1.90. The zero-order valence-corrected chi connectivity index (χ0v) is 11.4. The molecule has 3 N–H and O–H groups in total. The molecule has 1 saturated carbocycles. The molecule has 0 saturated heterocycles. The molecule has 0 heterocycles. The number of aryl methyl sites for hydroxylation is 1. The predicted octanol–water partition coefficient (Wildman–Crippen LogP) is 0.920. The van der Waals surface area contributed by atoms with Gasteiger partial charge in [0.25, 0.3) is 5.91 Å². The van der Waals surface area contributed by atoms with Crippen LogP contribution in [0.3, 0.4) is 0 Å². The standard InChI is InChI=1S/C12H15FN2O3S/c1-6-4-10(6)15-12(16)8-5-11(19(14,17)18)7(2)3-9(8)13/h3,5-6,10H,4H2,1-2H3,(H,15,16)(H2,14,17,18). The highest BCUT2D eigenvalue weighted by atomic mass is 32.2. The van der Waals surface area contributed by atoms with Gasteiger partial charge in [0.2, 0.25) is 10.0 Å². The van der Waals surface area contributed by atoms with Gasteiger partial charge in [-0.2, -0.15) is 0 Å². The SMILES string of the molecule is Cc1cc(F)c(C(=O)NC2CC2C)cc1S(N)(=O)=O. The number of primary sulfonamides is 1. The number of sulfonamides is 1. The van der Waals surface area contributed by atoms with Crippen molar-refractivity contribution in [1.82, 2.24) is 5.32 Å². The van der Waals surface area contributed by atoms with Gasteiger partial charge in [0.05, 0.1) is 10.5 Å². The molecule has 2 unspecified atom stereocenters. The summed E-state index contributed by atoms with van der Waals surface area (Å²) in [7, 11) is -3.98. The topological polar surface area (TPSA) is 89.3 Å². The minimum absolute atomic E-state index is 0.0335. The van der Waals surface area contributed by atoms with Crippen LogP contribution < -0.4 is 10.5 Å². The first-order chi connectivity index (χ1) is 8.70. The van der Waals surface area contributed by atoms with Gasteiger partial charge < -0.3 is 5.32 Å². The highest BCUT2D eigenvalue weighted by Gasteiger charge is 2.34. The first-order valence-electron chi connectivity index (χ1n) is 5.84.